The summed E-state index contributed by atoms with van der Waals surface area (Å²) < 4.78 is 78.7. The van der Waals surface area contributed by atoms with E-state index in [4.69, 9.17) is 11.6 Å². The first-order chi connectivity index (χ1) is 15.0. The molecule has 15 heteroatoms. The molecule has 0 radical (unpaired) electrons. The molecule has 1 fully saturated rings. The Morgan fingerprint density at radius 3 is 2.66 bits per heavy atom. The van der Waals surface area contributed by atoms with Gasteiger partial charge in [0, 0.05) is 30.6 Å². The fraction of sp³-hybridized carbons (Fsp3) is 0.412. The van der Waals surface area contributed by atoms with Crippen molar-refractivity contribution >= 4 is 50.4 Å². The van der Waals surface area contributed by atoms with Crippen LogP contribution in [0.15, 0.2) is 27.9 Å². The van der Waals surface area contributed by atoms with Crippen molar-refractivity contribution in [1.82, 2.24) is 10.3 Å². The number of anilines is 2. The number of carbonyl (C=O) groups is 1. The number of halogens is 5. The fourth-order valence-electron chi connectivity index (χ4n) is 3.20. The summed E-state index contributed by atoms with van der Waals surface area (Å²) in [5.41, 5.74) is 1.33. The van der Waals surface area contributed by atoms with Gasteiger partial charge in [-0.3, -0.25) is 0 Å². The number of nitrogens with zero attached hydrogens (tertiary/aromatic N) is 3. The summed E-state index contributed by atoms with van der Waals surface area (Å²) in [4.78, 5) is 19.6. The predicted octanol–water partition coefficient (Wildman–Crippen LogP) is 3.34. The van der Waals surface area contributed by atoms with Crippen molar-refractivity contribution in [2.45, 2.75) is 30.5 Å². The molecule has 1 atom stereocenters. The third-order valence-corrected chi connectivity index (χ3v) is 7.07. The fourth-order valence-corrected chi connectivity index (χ4v) is 5.37. The largest absolute Gasteiger partial charge is 0.493 e. The molecular weight excluding hydrogens is 500 g/mol. The summed E-state index contributed by atoms with van der Waals surface area (Å²) in [5, 5.41) is 4.04. The van der Waals surface area contributed by atoms with E-state index in [9.17, 15) is 30.8 Å². The van der Waals surface area contributed by atoms with Crippen LogP contribution in [-0.4, -0.2) is 51.2 Å². The highest BCUT2D eigenvalue weighted by molar-refractivity contribution is 7.92. The second kappa shape index (κ2) is 9.37. The van der Waals surface area contributed by atoms with Crippen molar-refractivity contribution in [3.63, 3.8) is 0 Å². The van der Waals surface area contributed by atoms with Crippen molar-refractivity contribution in [3.8, 4) is 0 Å². The molecule has 1 saturated heterocycles. The van der Waals surface area contributed by atoms with Gasteiger partial charge in [-0.2, -0.15) is 21.6 Å². The van der Waals surface area contributed by atoms with Gasteiger partial charge in [0.15, 0.2) is 5.82 Å². The molecule has 32 heavy (non-hydrogen) atoms. The van der Waals surface area contributed by atoms with Crippen molar-refractivity contribution in [2.75, 3.05) is 29.0 Å². The molecule has 176 valence electrons. The van der Waals surface area contributed by atoms with Crippen LogP contribution in [-0.2, 0) is 19.7 Å². The van der Waals surface area contributed by atoms with E-state index in [-0.39, 0.29) is 21.2 Å². The maximum absolute atomic E-state index is 15.0. The number of rotatable bonds is 7. The summed E-state index contributed by atoms with van der Waals surface area (Å²) in [6.07, 6.45) is -4.74. The molecular formula is C17H17ClF4N4O4S2. The number of carbonyl (C=O) groups excluding carboxylic acids is 1. The molecule has 0 aliphatic carbocycles. The predicted molar refractivity (Wildman–Crippen MR) is 110 cm³/mol. The third-order valence-electron chi connectivity index (χ3n) is 4.63. The number of nitrogens with one attached hydrogen (secondary N) is 1. The van der Waals surface area contributed by atoms with Crippen LogP contribution >= 0.6 is 22.9 Å². The maximum atomic E-state index is 15.0. The number of sulfonamides is 1. The Morgan fingerprint density at radius 2 is 2.12 bits per heavy atom. The molecule has 1 aliphatic rings. The monoisotopic (exact) mass is 516 g/mol. The molecule has 1 aromatic heterocycles. The molecule has 1 aromatic carbocycles. The highest BCUT2D eigenvalue weighted by atomic mass is 35.5. The molecule has 2 aromatic rings. The van der Waals surface area contributed by atoms with Crippen LogP contribution in [0.4, 0.5) is 29.1 Å². The molecule has 8 nitrogen and oxygen atoms in total. The topological polar surface area (TPSA) is 91.8 Å². The minimum atomic E-state index is -5.50. The second-order valence-electron chi connectivity index (χ2n) is 6.62. The average Bonchev–Trinajstić information content (AvgIpc) is 3.42. The normalized spacial score (nSPS) is 16.8. The SMILES string of the molecule is CCN(c1cc(F)c(S(=O)(=O)N(OC(=O)C(F)(F)F)c2cscn2)cc1Cl)[C@H]1CCNC1. The van der Waals surface area contributed by atoms with Gasteiger partial charge in [0.05, 0.1) is 16.2 Å². The van der Waals surface area contributed by atoms with Gasteiger partial charge in [0.1, 0.15) is 10.7 Å². The maximum Gasteiger partial charge on any atom is 0.493 e. The zero-order valence-corrected chi connectivity index (χ0v) is 18.8. The zero-order chi connectivity index (χ0) is 23.7. The number of alkyl halides is 3. The molecule has 0 spiro atoms. The Bertz CT molecular complexity index is 1080. The van der Waals surface area contributed by atoms with Gasteiger partial charge in [-0.25, -0.2) is 14.2 Å². The first-order valence-electron chi connectivity index (χ1n) is 9.15. The van der Waals surface area contributed by atoms with Crippen LogP contribution < -0.4 is 14.7 Å². The van der Waals surface area contributed by atoms with Gasteiger partial charge in [-0.1, -0.05) is 16.1 Å². The third kappa shape index (κ3) is 4.92. The van der Waals surface area contributed by atoms with Crippen molar-refractivity contribution in [3.05, 3.63) is 33.9 Å². The second-order valence-corrected chi connectivity index (χ2v) is 9.47. The Kier molecular flexibility index (Phi) is 7.17. The lowest BCUT2D eigenvalue weighted by molar-refractivity contribution is -0.199. The average molecular weight is 517 g/mol. The van der Waals surface area contributed by atoms with Gasteiger partial charge < -0.3 is 15.1 Å². The number of hydrogen-bond acceptors (Lipinski definition) is 8. The molecule has 2 heterocycles. The number of aromatic nitrogens is 1. The molecule has 0 unspecified atom stereocenters. The number of benzene rings is 1. The first kappa shape index (κ1) is 24.5. The summed E-state index contributed by atoms with van der Waals surface area (Å²) in [7, 11) is -5.16. The number of hydrogen-bond donors (Lipinski definition) is 1. The molecule has 1 aliphatic heterocycles. The summed E-state index contributed by atoms with van der Waals surface area (Å²) >= 11 is 7.08. The molecule has 0 amide bonds. The van der Waals surface area contributed by atoms with E-state index in [1.54, 1.807) is 4.90 Å². The highest BCUT2D eigenvalue weighted by Gasteiger charge is 2.46. The Morgan fingerprint density at radius 1 is 1.41 bits per heavy atom. The van der Waals surface area contributed by atoms with Crippen LogP contribution in [0.1, 0.15) is 13.3 Å². The Balaban J connectivity index is 2.03. The van der Waals surface area contributed by atoms with Crippen LogP contribution in [0.25, 0.3) is 0 Å². The van der Waals surface area contributed by atoms with Crippen molar-refractivity contribution in [1.29, 1.82) is 0 Å². The molecule has 3 rings (SSSR count). The van der Waals surface area contributed by atoms with Gasteiger partial charge in [-0.05, 0) is 26.0 Å². The molecule has 0 bridgehead atoms. The van der Waals surface area contributed by atoms with Crippen LogP contribution in [0.2, 0.25) is 5.02 Å². The minimum absolute atomic E-state index is 0.00129. The number of likely N-dealkylation sites (N-methyl/N-ethyl adjacent to an activating group) is 1. The minimum Gasteiger partial charge on any atom is -0.366 e. The van der Waals surface area contributed by atoms with E-state index in [1.807, 2.05) is 6.92 Å². The molecule has 1 N–H and O–H groups in total. The van der Waals surface area contributed by atoms with E-state index < -0.39 is 38.7 Å². The van der Waals surface area contributed by atoms with Gasteiger partial charge in [-0.15, -0.1) is 11.3 Å². The van der Waals surface area contributed by atoms with E-state index >= 15 is 0 Å². The van der Waals surface area contributed by atoms with Gasteiger partial charge in [0.2, 0.25) is 0 Å². The van der Waals surface area contributed by atoms with Crippen LogP contribution in [0.3, 0.4) is 0 Å². The van der Waals surface area contributed by atoms with Gasteiger partial charge in [0.25, 0.3) is 10.0 Å². The standard InChI is InChI=1S/C17H17ClF4N4O4S2/c1-2-25(10-3-4-23-7-10)13-6-12(19)14(5-11(13)18)32(28,29)26(15-8-31-9-24-15)30-16(27)17(20,21)22/h5-6,8-10,23H,2-4,7H2,1H3/t10-/m0/s1. The Hall–Kier alpha value is -2.16. The lowest BCUT2D eigenvalue weighted by Crippen LogP contribution is -2.39. The van der Waals surface area contributed by atoms with Crippen molar-refractivity contribution in [2.24, 2.45) is 0 Å². The van der Waals surface area contributed by atoms with E-state index in [1.165, 1.54) is 0 Å². The van der Waals surface area contributed by atoms with Crippen LogP contribution in [0.5, 0.6) is 0 Å². The van der Waals surface area contributed by atoms with Gasteiger partial charge >= 0.3 is 12.1 Å². The first-order valence-corrected chi connectivity index (χ1v) is 11.9. The lowest BCUT2D eigenvalue weighted by Gasteiger charge is -2.30. The quantitative estimate of drug-likeness (QED) is 0.446. The smallest absolute Gasteiger partial charge is 0.366 e. The van der Waals surface area contributed by atoms with E-state index in [2.05, 4.69) is 15.1 Å². The van der Waals surface area contributed by atoms with E-state index in [0.717, 1.165) is 47.3 Å². The lowest BCUT2D eigenvalue weighted by atomic mass is 10.2. The van der Waals surface area contributed by atoms with Crippen LogP contribution in [0, 0.1) is 5.82 Å². The Labute approximate surface area is 189 Å². The summed E-state index contributed by atoms with van der Waals surface area (Å²) in [6, 6.07) is 1.66. The van der Waals surface area contributed by atoms with E-state index in [0.29, 0.717) is 13.1 Å². The highest BCUT2D eigenvalue weighted by Crippen LogP contribution is 2.35. The number of thiazole rings is 1. The zero-order valence-electron chi connectivity index (χ0n) is 16.4. The summed E-state index contributed by atoms with van der Waals surface area (Å²) in [6.45, 7) is 3.64. The summed E-state index contributed by atoms with van der Waals surface area (Å²) in [5.74, 6) is -4.75. The van der Waals surface area contributed by atoms with Crippen molar-refractivity contribution < 1.29 is 35.6 Å². The molecule has 0 saturated carbocycles.